The summed E-state index contributed by atoms with van der Waals surface area (Å²) in [5, 5.41) is 0. The molecular formula is C46H48. The van der Waals surface area contributed by atoms with Crippen molar-refractivity contribution in [2.45, 2.75) is 53.9 Å². The van der Waals surface area contributed by atoms with Gasteiger partial charge in [0.2, 0.25) is 0 Å². The van der Waals surface area contributed by atoms with E-state index in [1.54, 1.807) is 0 Å². The van der Waals surface area contributed by atoms with E-state index < -0.39 is 0 Å². The smallest absolute Gasteiger partial charge is 0.0105 e. The molecule has 0 nitrogen and oxygen atoms in total. The van der Waals surface area contributed by atoms with Crippen LogP contribution in [0.1, 0.15) is 65.3 Å². The average Bonchev–Trinajstić information content (AvgIpc) is 3.06. The molecule has 0 saturated heterocycles. The molecule has 0 aromatic heterocycles. The van der Waals surface area contributed by atoms with Crippen molar-refractivity contribution in [3.63, 3.8) is 0 Å². The van der Waals surface area contributed by atoms with Crippen LogP contribution in [0.15, 0.2) is 158 Å². The summed E-state index contributed by atoms with van der Waals surface area (Å²) in [6.45, 7) is 15.2. The Morgan fingerprint density at radius 1 is 0.391 bits per heavy atom. The van der Waals surface area contributed by atoms with Gasteiger partial charge in [-0.2, -0.15) is 0 Å². The van der Waals surface area contributed by atoms with Gasteiger partial charge < -0.3 is 0 Å². The van der Waals surface area contributed by atoms with E-state index in [2.05, 4.69) is 212 Å². The average molecular weight is 601 g/mol. The molecule has 0 spiro atoms. The van der Waals surface area contributed by atoms with Crippen LogP contribution in [-0.4, -0.2) is 0 Å². The van der Waals surface area contributed by atoms with Crippen molar-refractivity contribution in [1.82, 2.24) is 0 Å². The van der Waals surface area contributed by atoms with Crippen LogP contribution in [-0.2, 0) is 5.41 Å². The molecule has 0 aliphatic heterocycles. The van der Waals surface area contributed by atoms with Crippen LogP contribution in [0.4, 0.5) is 0 Å². The topological polar surface area (TPSA) is 0 Å². The molecule has 0 amide bonds. The normalized spacial score (nSPS) is 10.5. The van der Waals surface area contributed by atoms with Gasteiger partial charge in [-0.1, -0.05) is 201 Å². The van der Waals surface area contributed by atoms with E-state index in [1.165, 1.54) is 61.2 Å². The minimum atomic E-state index is 0.285. The predicted octanol–water partition coefficient (Wildman–Crippen LogP) is 12.8. The number of aryl methyl sites for hydroxylation is 4. The molecule has 6 rings (SSSR count). The van der Waals surface area contributed by atoms with Gasteiger partial charge >= 0.3 is 0 Å². The summed E-state index contributed by atoms with van der Waals surface area (Å²) in [7, 11) is 0. The Morgan fingerprint density at radius 2 is 0.717 bits per heavy atom. The van der Waals surface area contributed by atoms with Crippen LogP contribution >= 0.6 is 0 Å². The quantitative estimate of drug-likeness (QED) is 0.177. The lowest BCUT2D eigenvalue weighted by Crippen LogP contribution is -2.10. The molecule has 6 aromatic rings. The standard InChI is InChI=1S/C21H18.C14H14.C11H16/c1-17-12-14-18(15-13-17)16-21(19-8-4-2-5-9-19)20-10-6-3-7-11-20;1-11-3-7-13(8-4-11)14-9-5-12(2)6-10-14;1-9-5-7-10(8-6-9)11(2,3)4/h2-16H,1H3;3-10H,1-2H3;5-8H,1-4H3. The molecule has 0 fully saturated rings. The number of hydrogen-bond acceptors (Lipinski definition) is 0. The minimum absolute atomic E-state index is 0.285. The van der Waals surface area contributed by atoms with Crippen molar-refractivity contribution in [1.29, 1.82) is 0 Å². The first-order valence-electron chi connectivity index (χ1n) is 16.2. The molecule has 46 heavy (non-hydrogen) atoms. The molecule has 0 atom stereocenters. The molecule has 0 N–H and O–H groups in total. The zero-order valence-corrected chi connectivity index (χ0v) is 28.6. The van der Waals surface area contributed by atoms with Gasteiger partial charge in [-0.25, -0.2) is 0 Å². The zero-order chi connectivity index (χ0) is 32.9. The van der Waals surface area contributed by atoms with Gasteiger partial charge in [-0.15, -0.1) is 0 Å². The Hall–Kier alpha value is -4.94. The Bertz CT molecular complexity index is 1680. The van der Waals surface area contributed by atoms with Crippen molar-refractivity contribution in [3.8, 4) is 11.1 Å². The van der Waals surface area contributed by atoms with Gasteiger partial charge in [0, 0.05) is 0 Å². The van der Waals surface area contributed by atoms with Crippen LogP contribution in [0.2, 0.25) is 0 Å². The lowest BCUT2D eigenvalue weighted by atomic mass is 9.87. The van der Waals surface area contributed by atoms with Crippen LogP contribution in [0.3, 0.4) is 0 Å². The third-order valence-corrected chi connectivity index (χ3v) is 7.91. The number of rotatable bonds is 4. The molecule has 0 heterocycles. The number of hydrogen-bond donors (Lipinski definition) is 0. The minimum Gasteiger partial charge on any atom is -0.0622 e. The highest BCUT2D eigenvalue weighted by atomic mass is 14.2. The van der Waals surface area contributed by atoms with E-state index in [0.717, 1.165) is 0 Å². The second kappa shape index (κ2) is 16.4. The van der Waals surface area contributed by atoms with E-state index in [9.17, 15) is 0 Å². The lowest BCUT2D eigenvalue weighted by Gasteiger charge is -2.18. The summed E-state index contributed by atoms with van der Waals surface area (Å²) in [5.41, 5.74) is 14.5. The second-order valence-electron chi connectivity index (χ2n) is 13.0. The third-order valence-electron chi connectivity index (χ3n) is 7.91. The first-order chi connectivity index (χ1) is 22.1. The highest BCUT2D eigenvalue weighted by molar-refractivity contribution is 5.91. The summed E-state index contributed by atoms with van der Waals surface area (Å²) in [6.07, 6.45) is 2.25. The van der Waals surface area contributed by atoms with Crippen LogP contribution < -0.4 is 0 Å². The van der Waals surface area contributed by atoms with Gasteiger partial charge in [-0.3, -0.25) is 0 Å². The predicted molar refractivity (Wildman–Crippen MR) is 202 cm³/mol. The van der Waals surface area contributed by atoms with E-state index in [0.29, 0.717) is 0 Å². The molecule has 0 radical (unpaired) electrons. The van der Waals surface area contributed by atoms with E-state index in [4.69, 9.17) is 0 Å². The molecule has 0 aliphatic carbocycles. The maximum Gasteiger partial charge on any atom is -0.0105 e. The van der Waals surface area contributed by atoms with Gasteiger partial charge in [0.05, 0.1) is 0 Å². The fraction of sp³-hybridized carbons (Fsp3) is 0.174. The summed E-state index contributed by atoms with van der Waals surface area (Å²) in [4.78, 5) is 0. The Labute approximate surface area is 278 Å². The fourth-order valence-electron chi connectivity index (χ4n) is 4.94. The molecule has 232 valence electrons. The van der Waals surface area contributed by atoms with Crippen molar-refractivity contribution in [3.05, 3.63) is 202 Å². The second-order valence-corrected chi connectivity index (χ2v) is 13.0. The Balaban J connectivity index is 0.000000167. The molecule has 6 aromatic carbocycles. The Kier molecular flexibility index (Phi) is 12.1. The van der Waals surface area contributed by atoms with Crippen LogP contribution in [0.5, 0.6) is 0 Å². The third kappa shape index (κ3) is 10.6. The molecule has 0 aliphatic rings. The molecular weight excluding hydrogens is 553 g/mol. The maximum atomic E-state index is 2.25. The van der Waals surface area contributed by atoms with Crippen molar-refractivity contribution < 1.29 is 0 Å². The van der Waals surface area contributed by atoms with E-state index >= 15 is 0 Å². The van der Waals surface area contributed by atoms with Crippen LogP contribution in [0.25, 0.3) is 22.8 Å². The van der Waals surface area contributed by atoms with E-state index in [1.807, 2.05) is 0 Å². The van der Waals surface area contributed by atoms with Gasteiger partial charge in [0.25, 0.3) is 0 Å². The molecule has 0 bridgehead atoms. The first-order valence-corrected chi connectivity index (χ1v) is 16.2. The van der Waals surface area contributed by atoms with Crippen molar-refractivity contribution >= 4 is 11.6 Å². The summed E-state index contributed by atoms with van der Waals surface area (Å²) in [5.74, 6) is 0. The summed E-state index contributed by atoms with van der Waals surface area (Å²) < 4.78 is 0. The highest BCUT2D eigenvalue weighted by Crippen LogP contribution is 2.26. The van der Waals surface area contributed by atoms with Gasteiger partial charge in [-0.05, 0) is 78.1 Å². The largest absolute Gasteiger partial charge is 0.0622 e. The SMILES string of the molecule is Cc1ccc(-c2ccc(C)cc2)cc1.Cc1ccc(C(C)(C)C)cc1.Cc1ccc(C=C(c2ccccc2)c2ccccc2)cc1. The summed E-state index contributed by atoms with van der Waals surface area (Å²) in [6, 6.07) is 55.7. The highest BCUT2D eigenvalue weighted by Gasteiger charge is 2.12. The summed E-state index contributed by atoms with van der Waals surface area (Å²) >= 11 is 0. The monoisotopic (exact) mass is 600 g/mol. The molecule has 0 heteroatoms. The lowest BCUT2D eigenvalue weighted by molar-refractivity contribution is 0.590. The maximum absolute atomic E-state index is 2.25. The molecule has 0 unspecified atom stereocenters. The zero-order valence-electron chi connectivity index (χ0n) is 28.6. The first kappa shape index (κ1) is 33.9. The van der Waals surface area contributed by atoms with Crippen LogP contribution in [0, 0.1) is 27.7 Å². The van der Waals surface area contributed by atoms with Crippen molar-refractivity contribution in [2.24, 2.45) is 0 Å². The Morgan fingerprint density at radius 3 is 1.07 bits per heavy atom. The van der Waals surface area contributed by atoms with E-state index in [-0.39, 0.29) is 5.41 Å². The fourth-order valence-corrected chi connectivity index (χ4v) is 4.94. The number of benzene rings is 6. The van der Waals surface area contributed by atoms with Gasteiger partial charge in [0.1, 0.15) is 0 Å². The van der Waals surface area contributed by atoms with Crippen molar-refractivity contribution in [2.75, 3.05) is 0 Å². The van der Waals surface area contributed by atoms with Gasteiger partial charge in [0.15, 0.2) is 0 Å². The molecule has 0 saturated carbocycles.